The van der Waals surface area contributed by atoms with Crippen LogP contribution < -0.4 is 0 Å². The fraction of sp³-hybridized carbons (Fsp3) is 0.914. The van der Waals surface area contributed by atoms with Crippen LogP contribution in [0.15, 0.2) is 12.7 Å². The minimum Gasteiger partial charge on any atom is -0.417 e. The lowest BCUT2D eigenvalue weighted by Gasteiger charge is -2.47. The summed E-state index contributed by atoms with van der Waals surface area (Å²) in [6.07, 6.45) is 5.43. The van der Waals surface area contributed by atoms with Gasteiger partial charge in [0.05, 0.1) is 12.2 Å². The molecular weight excluding hydrogens is 569 g/mol. The van der Waals surface area contributed by atoms with Crippen LogP contribution in [0.1, 0.15) is 116 Å². The maximum atomic E-state index is 14.7. The minimum atomic E-state index is -2.16. The van der Waals surface area contributed by atoms with Crippen LogP contribution in [0.5, 0.6) is 0 Å². The molecule has 0 heterocycles. The molecule has 4 atom stereocenters. The van der Waals surface area contributed by atoms with Crippen molar-refractivity contribution in [2.45, 2.75) is 182 Å². The second-order valence-electron chi connectivity index (χ2n) is 18.2. The molecule has 0 aromatic carbocycles. The molecule has 0 bridgehead atoms. The van der Waals surface area contributed by atoms with Crippen molar-refractivity contribution in [2.75, 3.05) is 6.61 Å². The topological polar surface area (TPSA) is 44.8 Å². The van der Waals surface area contributed by atoms with E-state index in [1.165, 1.54) is 0 Å². The van der Waals surface area contributed by atoms with Crippen molar-refractivity contribution < 1.29 is 18.1 Å². The highest BCUT2D eigenvalue weighted by atomic mass is 28.4. The number of carbonyl (C=O) groups excluding carboxylic acids is 1. The van der Waals surface area contributed by atoms with E-state index in [1.54, 1.807) is 0 Å². The number of hydrogen-bond donors (Lipinski definition) is 0. The van der Waals surface area contributed by atoms with Crippen molar-refractivity contribution in [1.29, 1.82) is 0 Å². The van der Waals surface area contributed by atoms with E-state index >= 15 is 0 Å². The van der Waals surface area contributed by atoms with E-state index in [1.807, 2.05) is 6.08 Å². The lowest BCUT2D eigenvalue weighted by molar-refractivity contribution is -0.141. The largest absolute Gasteiger partial charge is 0.417 e. The highest BCUT2D eigenvalue weighted by Gasteiger charge is 2.49. The third-order valence-electron chi connectivity index (χ3n) is 11.1. The van der Waals surface area contributed by atoms with E-state index < -0.39 is 30.4 Å². The number of Topliss-reactive ketones (excluding diaryl/α,β-unsaturated/α-hetero) is 1. The van der Waals surface area contributed by atoms with E-state index in [0.717, 1.165) is 19.3 Å². The molecular formula is C35H74O4Si3. The highest BCUT2D eigenvalue weighted by molar-refractivity contribution is 6.75. The minimum absolute atomic E-state index is 0.0456. The van der Waals surface area contributed by atoms with Crippen LogP contribution in [-0.4, -0.2) is 49.6 Å². The first-order valence-corrected chi connectivity index (χ1v) is 25.3. The summed E-state index contributed by atoms with van der Waals surface area (Å²) in [5, 5.41) is 0.252. The van der Waals surface area contributed by atoms with Gasteiger partial charge in [0, 0.05) is 17.9 Å². The fourth-order valence-corrected chi connectivity index (χ4v) is 8.62. The number of rotatable bonds is 17. The molecule has 0 N–H and O–H groups in total. The maximum Gasteiger partial charge on any atom is 0.192 e. The molecule has 0 aromatic rings. The van der Waals surface area contributed by atoms with Gasteiger partial charge in [0.1, 0.15) is 5.78 Å². The third kappa shape index (κ3) is 11.4. The predicted molar refractivity (Wildman–Crippen MR) is 193 cm³/mol. The molecule has 0 spiro atoms. The van der Waals surface area contributed by atoms with Crippen LogP contribution in [0.2, 0.25) is 54.4 Å². The van der Waals surface area contributed by atoms with E-state index in [2.05, 4.69) is 136 Å². The van der Waals surface area contributed by atoms with E-state index in [0.29, 0.717) is 13.0 Å². The third-order valence-corrected chi connectivity index (χ3v) is 24.6. The zero-order valence-electron chi connectivity index (χ0n) is 31.8. The van der Waals surface area contributed by atoms with Crippen LogP contribution in [0.4, 0.5) is 0 Å². The summed E-state index contributed by atoms with van der Waals surface area (Å²) in [4.78, 5) is 14.7. The molecule has 0 aromatic heterocycles. The average molecular weight is 643 g/mol. The van der Waals surface area contributed by atoms with Gasteiger partial charge >= 0.3 is 0 Å². The first-order chi connectivity index (χ1) is 18.5. The number of unbranched alkanes of at least 4 members (excludes halogenated alkanes) is 1. The molecule has 0 rings (SSSR count). The molecule has 0 aliphatic carbocycles. The molecule has 0 amide bonds. The van der Waals surface area contributed by atoms with E-state index in [-0.39, 0.29) is 44.9 Å². The normalized spacial score (nSPS) is 17.5. The van der Waals surface area contributed by atoms with Gasteiger partial charge in [-0.2, -0.15) is 0 Å². The molecule has 250 valence electrons. The first kappa shape index (κ1) is 41.9. The zero-order valence-corrected chi connectivity index (χ0v) is 34.8. The quantitative estimate of drug-likeness (QED) is 0.0899. The van der Waals surface area contributed by atoms with E-state index in [4.69, 9.17) is 13.3 Å². The Morgan fingerprint density at radius 1 is 0.714 bits per heavy atom. The smallest absolute Gasteiger partial charge is 0.192 e. The molecule has 42 heavy (non-hydrogen) atoms. The molecule has 0 saturated heterocycles. The SMILES string of the molecule is C=CCCCC(C)C(O[Si](C)(C)C(C)(C)C)[C@@H](C)C(=O)C(C)(C)C(CCO[Si](C)(C)C(C)(C)C)O[Si](C)(C)C(C)(C)C. The highest BCUT2D eigenvalue weighted by Crippen LogP contribution is 2.44. The lowest BCUT2D eigenvalue weighted by Crippen LogP contribution is -2.54. The van der Waals surface area contributed by atoms with Gasteiger partial charge in [-0.3, -0.25) is 4.79 Å². The van der Waals surface area contributed by atoms with Crippen molar-refractivity contribution in [3.8, 4) is 0 Å². The molecule has 4 nitrogen and oxygen atoms in total. The van der Waals surface area contributed by atoms with Crippen LogP contribution >= 0.6 is 0 Å². The van der Waals surface area contributed by atoms with Crippen LogP contribution in [0, 0.1) is 17.3 Å². The molecule has 7 heteroatoms. The predicted octanol–water partition coefficient (Wildman–Crippen LogP) is 11.4. The molecule has 3 unspecified atom stereocenters. The summed E-state index contributed by atoms with van der Waals surface area (Å²) >= 11 is 0. The molecule has 0 radical (unpaired) electrons. The van der Waals surface area contributed by atoms with Gasteiger partial charge < -0.3 is 13.3 Å². The average Bonchev–Trinajstić information content (AvgIpc) is 2.78. The second kappa shape index (κ2) is 15.0. The van der Waals surface area contributed by atoms with Crippen LogP contribution in [0.25, 0.3) is 0 Å². The lowest BCUT2D eigenvalue weighted by atomic mass is 9.73. The fourth-order valence-electron chi connectivity index (χ4n) is 4.61. The first-order valence-electron chi connectivity index (χ1n) is 16.6. The Kier molecular flexibility index (Phi) is 15.0. The van der Waals surface area contributed by atoms with Crippen molar-refractivity contribution >= 4 is 30.7 Å². The standard InChI is InChI=1S/C35H74O4Si3/c1-21-22-23-24-27(2)30(39-42(19,20)34(10,11)12)28(3)31(36)35(13,14)29(38-41(17,18)33(7,8)9)25-26-37-40(15,16)32(4,5)6/h21,27-30H,1,22-26H2,2-20H3/t27?,28-,29?,30?/m1/s1. The van der Waals surface area contributed by atoms with Crippen molar-refractivity contribution in [2.24, 2.45) is 17.3 Å². The van der Waals surface area contributed by atoms with Gasteiger partial charge in [0.2, 0.25) is 0 Å². The number of allylic oxidation sites excluding steroid dienone is 1. The van der Waals surface area contributed by atoms with Gasteiger partial charge in [-0.1, -0.05) is 96.1 Å². The summed E-state index contributed by atoms with van der Waals surface area (Å²) in [6, 6.07) is 0. The summed E-state index contributed by atoms with van der Waals surface area (Å²) in [6.45, 7) is 47.4. The Bertz CT molecular complexity index is 857. The monoisotopic (exact) mass is 642 g/mol. The van der Waals surface area contributed by atoms with Gasteiger partial charge in [-0.25, -0.2) is 0 Å². The Morgan fingerprint density at radius 2 is 1.14 bits per heavy atom. The van der Waals surface area contributed by atoms with Gasteiger partial charge in [-0.15, -0.1) is 6.58 Å². The molecule has 0 aliphatic rings. The Hall–Kier alpha value is -0.0594. The Balaban J connectivity index is 6.49. The summed E-state index contributed by atoms with van der Waals surface area (Å²) in [5.41, 5.74) is -0.679. The number of hydrogen-bond acceptors (Lipinski definition) is 4. The van der Waals surface area contributed by atoms with Gasteiger partial charge in [0.25, 0.3) is 0 Å². The number of ketones is 1. The van der Waals surface area contributed by atoms with Gasteiger partial charge in [-0.05, 0) is 86.0 Å². The molecule has 0 aliphatic heterocycles. The summed E-state index contributed by atoms with van der Waals surface area (Å²) in [7, 11) is -6.18. The van der Waals surface area contributed by atoms with E-state index in [9.17, 15) is 4.79 Å². The number of carbonyl (C=O) groups is 1. The van der Waals surface area contributed by atoms with Crippen LogP contribution in [-0.2, 0) is 18.1 Å². The molecule has 0 saturated carbocycles. The van der Waals surface area contributed by atoms with Crippen LogP contribution in [0.3, 0.4) is 0 Å². The van der Waals surface area contributed by atoms with Gasteiger partial charge in [0.15, 0.2) is 25.0 Å². The molecule has 0 fully saturated rings. The summed E-state index contributed by atoms with van der Waals surface area (Å²) in [5.74, 6) is 0.285. The Morgan fingerprint density at radius 3 is 1.55 bits per heavy atom. The Labute approximate surface area is 266 Å². The van der Waals surface area contributed by atoms with Crippen molar-refractivity contribution in [3.05, 3.63) is 12.7 Å². The maximum absolute atomic E-state index is 14.7. The summed E-state index contributed by atoms with van der Waals surface area (Å²) < 4.78 is 20.9. The second-order valence-corrected chi connectivity index (χ2v) is 32.5. The van der Waals surface area contributed by atoms with Crippen molar-refractivity contribution in [1.82, 2.24) is 0 Å². The van der Waals surface area contributed by atoms with Crippen molar-refractivity contribution in [3.63, 3.8) is 0 Å². The zero-order chi connectivity index (χ0) is 33.8.